The lowest BCUT2D eigenvalue weighted by Gasteiger charge is -2.27. The van der Waals surface area contributed by atoms with Crippen LogP contribution in [0.1, 0.15) is 30.5 Å². The van der Waals surface area contributed by atoms with Gasteiger partial charge in [0.05, 0.1) is 5.52 Å². The van der Waals surface area contributed by atoms with E-state index >= 15 is 0 Å². The Hall–Kier alpha value is -4.17. The molecule has 2 heterocycles. The van der Waals surface area contributed by atoms with Gasteiger partial charge in [0.2, 0.25) is 0 Å². The Labute approximate surface area is 206 Å². The van der Waals surface area contributed by atoms with Crippen molar-refractivity contribution < 1.29 is 0 Å². The van der Waals surface area contributed by atoms with E-state index < -0.39 is 0 Å². The van der Waals surface area contributed by atoms with Gasteiger partial charge in [-0.25, -0.2) is 0 Å². The summed E-state index contributed by atoms with van der Waals surface area (Å²) in [6.45, 7) is 5.54. The van der Waals surface area contributed by atoms with E-state index in [4.69, 9.17) is 0 Å². The Kier molecular flexibility index (Phi) is 5.22. The van der Waals surface area contributed by atoms with Crippen LogP contribution in [0.2, 0.25) is 0 Å². The maximum atomic E-state index is 4.51. The second-order valence-corrected chi connectivity index (χ2v) is 9.71. The third-order valence-electron chi connectivity index (χ3n) is 7.15. The lowest BCUT2D eigenvalue weighted by Crippen LogP contribution is -2.25. The lowest BCUT2D eigenvalue weighted by atomic mass is 9.81. The van der Waals surface area contributed by atoms with Crippen molar-refractivity contribution in [2.45, 2.75) is 25.8 Å². The third-order valence-corrected chi connectivity index (χ3v) is 7.15. The first-order valence-electron chi connectivity index (χ1n) is 12.2. The summed E-state index contributed by atoms with van der Waals surface area (Å²) in [6.07, 6.45) is 8.59. The highest BCUT2D eigenvalue weighted by molar-refractivity contribution is 5.95. The Bertz CT molecular complexity index is 1590. The standard InChI is InChI=1S/C33H28N2/c1-33(2)31(18-10-14-26-21-22-34-29-17-9-8-15-27(26)29)35(23-24-11-4-3-5-12-24)30-20-19-25-13-6-7-16-28(25)32(30)33/h3-22H,23H2,1-2H3/b14-10+,31-18+. The van der Waals surface area contributed by atoms with Crippen LogP contribution in [0.5, 0.6) is 0 Å². The molecule has 0 radical (unpaired) electrons. The van der Waals surface area contributed by atoms with Gasteiger partial charge in [-0.1, -0.05) is 105 Å². The first-order valence-corrected chi connectivity index (χ1v) is 12.2. The van der Waals surface area contributed by atoms with Gasteiger partial charge in [0, 0.05) is 34.9 Å². The fourth-order valence-electron chi connectivity index (χ4n) is 5.48. The molecule has 1 aromatic heterocycles. The van der Waals surface area contributed by atoms with E-state index in [0.29, 0.717) is 0 Å². The van der Waals surface area contributed by atoms with Crippen LogP contribution >= 0.6 is 0 Å². The molecule has 0 spiro atoms. The van der Waals surface area contributed by atoms with Crippen molar-refractivity contribution >= 4 is 33.4 Å². The molecule has 0 unspecified atom stereocenters. The predicted octanol–water partition coefficient (Wildman–Crippen LogP) is 8.28. The van der Waals surface area contributed by atoms with Crippen molar-refractivity contribution in [1.82, 2.24) is 4.98 Å². The summed E-state index contributed by atoms with van der Waals surface area (Å²) < 4.78 is 0. The van der Waals surface area contributed by atoms with Gasteiger partial charge >= 0.3 is 0 Å². The number of fused-ring (bicyclic) bond motifs is 4. The molecule has 0 atom stereocenters. The molecule has 0 bridgehead atoms. The Morgan fingerprint density at radius 3 is 2.37 bits per heavy atom. The summed E-state index contributed by atoms with van der Waals surface area (Å²) in [5, 5.41) is 3.80. The van der Waals surface area contributed by atoms with Gasteiger partial charge in [0.25, 0.3) is 0 Å². The van der Waals surface area contributed by atoms with E-state index in [9.17, 15) is 0 Å². The smallest absolute Gasteiger partial charge is 0.0707 e. The van der Waals surface area contributed by atoms with E-state index in [1.807, 2.05) is 12.3 Å². The van der Waals surface area contributed by atoms with Crippen LogP contribution in [-0.4, -0.2) is 4.98 Å². The molecule has 0 saturated heterocycles. The fraction of sp³-hybridized carbons (Fsp3) is 0.121. The minimum Gasteiger partial charge on any atom is -0.340 e. The van der Waals surface area contributed by atoms with E-state index in [1.54, 1.807) is 0 Å². The quantitative estimate of drug-likeness (QED) is 0.273. The summed E-state index contributed by atoms with van der Waals surface area (Å²) in [4.78, 5) is 7.00. The zero-order valence-electron chi connectivity index (χ0n) is 20.1. The molecule has 2 nitrogen and oxygen atoms in total. The Morgan fingerprint density at radius 2 is 1.51 bits per heavy atom. The summed E-state index contributed by atoms with van der Waals surface area (Å²) in [7, 11) is 0. The van der Waals surface area contributed by atoms with Crippen molar-refractivity contribution in [2.24, 2.45) is 0 Å². The summed E-state index contributed by atoms with van der Waals surface area (Å²) >= 11 is 0. The van der Waals surface area contributed by atoms with Crippen LogP contribution in [0, 0.1) is 0 Å². The number of rotatable bonds is 4. The van der Waals surface area contributed by atoms with Crippen LogP contribution in [0.15, 0.2) is 121 Å². The average molecular weight is 453 g/mol. The molecule has 4 aromatic carbocycles. The molecule has 1 aliphatic rings. The predicted molar refractivity (Wildman–Crippen MR) is 148 cm³/mol. The number of hydrogen-bond acceptors (Lipinski definition) is 2. The van der Waals surface area contributed by atoms with Crippen molar-refractivity contribution in [3.05, 3.63) is 138 Å². The minimum absolute atomic E-state index is 0.129. The maximum Gasteiger partial charge on any atom is 0.0707 e. The molecule has 0 amide bonds. The molecular formula is C33H28N2. The zero-order valence-corrected chi connectivity index (χ0v) is 20.1. The zero-order chi connectivity index (χ0) is 23.8. The number of allylic oxidation sites excluding steroid dienone is 3. The fourth-order valence-corrected chi connectivity index (χ4v) is 5.48. The molecule has 35 heavy (non-hydrogen) atoms. The van der Waals surface area contributed by atoms with Gasteiger partial charge < -0.3 is 4.90 Å². The monoisotopic (exact) mass is 452 g/mol. The first kappa shape index (κ1) is 21.4. The highest BCUT2D eigenvalue weighted by Crippen LogP contribution is 2.51. The minimum atomic E-state index is -0.129. The number of anilines is 1. The van der Waals surface area contributed by atoms with Crippen LogP contribution in [0.4, 0.5) is 5.69 Å². The normalized spacial score (nSPS) is 15.9. The highest BCUT2D eigenvalue weighted by Gasteiger charge is 2.41. The molecule has 6 rings (SSSR count). The first-order chi connectivity index (χ1) is 17.1. The van der Waals surface area contributed by atoms with Gasteiger partial charge in [0.15, 0.2) is 0 Å². The van der Waals surface area contributed by atoms with Crippen LogP contribution in [0.3, 0.4) is 0 Å². The maximum absolute atomic E-state index is 4.51. The van der Waals surface area contributed by atoms with Crippen LogP contribution in [0.25, 0.3) is 27.8 Å². The molecule has 0 aliphatic carbocycles. The Morgan fingerprint density at radius 1 is 0.771 bits per heavy atom. The van der Waals surface area contributed by atoms with Crippen LogP contribution < -0.4 is 4.90 Å². The summed E-state index contributed by atoms with van der Waals surface area (Å²) in [6, 6.07) is 34.4. The SMILES string of the molecule is CC1(C)/C(=C\C=C\c2ccnc3ccccc23)N(Cc2ccccc2)c2ccc3ccccc3c21. The molecule has 170 valence electrons. The van der Waals surface area contributed by atoms with Crippen molar-refractivity contribution in [3.8, 4) is 0 Å². The molecule has 1 aliphatic heterocycles. The van der Waals surface area contributed by atoms with E-state index in [2.05, 4.69) is 133 Å². The number of para-hydroxylation sites is 1. The molecule has 0 N–H and O–H groups in total. The lowest BCUT2D eigenvalue weighted by molar-refractivity contribution is 0.634. The summed E-state index contributed by atoms with van der Waals surface area (Å²) in [5.41, 5.74) is 7.39. The van der Waals surface area contributed by atoms with Crippen molar-refractivity contribution in [3.63, 3.8) is 0 Å². The van der Waals surface area contributed by atoms with Gasteiger partial charge in [-0.3, -0.25) is 4.98 Å². The van der Waals surface area contributed by atoms with Crippen molar-refractivity contribution in [1.29, 1.82) is 0 Å². The molecule has 0 fully saturated rings. The summed E-state index contributed by atoms with van der Waals surface area (Å²) in [5.74, 6) is 0. The number of benzene rings is 4. The third kappa shape index (κ3) is 3.72. The highest BCUT2D eigenvalue weighted by atomic mass is 15.2. The molecule has 5 aromatic rings. The second kappa shape index (κ2) is 8.56. The van der Waals surface area contributed by atoms with E-state index in [1.165, 1.54) is 44.2 Å². The number of pyridine rings is 1. The second-order valence-electron chi connectivity index (χ2n) is 9.71. The van der Waals surface area contributed by atoms with Crippen LogP contribution in [-0.2, 0) is 12.0 Å². The number of nitrogens with zero attached hydrogens (tertiary/aromatic N) is 2. The largest absolute Gasteiger partial charge is 0.340 e. The van der Waals surface area contributed by atoms with E-state index in [0.717, 1.165) is 12.1 Å². The van der Waals surface area contributed by atoms with Gasteiger partial charge in [-0.15, -0.1) is 0 Å². The Balaban J connectivity index is 1.48. The topological polar surface area (TPSA) is 16.1 Å². The van der Waals surface area contributed by atoms with E-state index in [-0.39, 0.29) is 5.41 Å². The molecular weight excluding hydrogens is 424 g/mol. The number of hydrogen-bond donors (Lipinski definition) is 0. The van der Waals surface area contributed by atoms with Crippen molar-refractivity contribution in [2.75, 3.05) is 4.90 Å². The molecule has 2 heteroatoms. The van der Waals surface area contributed by atoms with Gasteiger partial charge in [-0.05, 0) is 51.7 Å². The van der Waals surface area contributed by atoms with Gasteiger partial charge in [-0.2, -0.15) is 0 Å². The average Bonchev–Trinajstić information content (AvgIpc) is 3.11. The number of aromatic nitrogens is 1. The van der Waals surface area contributed by atoms with Gasteiger partial charge in [0.1, 0.15) is 0 Å². The molecule has 0 saturated carbocycles.